The second kappa shape index (κ2) is 6.06. The zero-order valence-electron chi connectivity index (χ0n) is 10.7. The minimum absolute atomic E-state index is 0.348. The lowest BCUT2D eigenvalue weighted by Gasteiger charge is -2.17. The number of aromatic hydroxyl groups is 1. The van der Waals surface area contributed by atoms with Crippen molar-refractivity contribution in [1.29, 1.82) is 0 Å². The zero-order chi connectivity index (χ0) is 12.1. The molecular formula is C15H23NO. The van der Waals surface area contributed by atoms with E-state index in [4.69, 9.17) is 0 Å². The highest BCUT2D eigenvalue weighted by Crippen LogP contribution is 2.23. The molecule has 1 aliphatic carbocycles. The number of phenolic OH excluding ortho intramolecular Hbond substituents is 1. The highest BCUT2D eigenvalue weighted by atomic mass is 16.3. The van der Waals surface area contributed by atoms with Crippen molar-refractivity contribution in [2.75, 3.05) is 6.54 Å². The number of rotatable bonds is 5. The van der Waals surface area contributed by atoms with Gasteiger partial charge < -0.3 is 10.4 Å². The summed E-state index contributed by atoms with van der Waals surface area (Å²) in [6.45, 7) is 3.40. The summed E-state index contributed by atoms with van der Waals surface area (Å²) in [5.74, 6) is 1.25. The summed E-state index contributed by atoms with van der Waals surface area (Å²) in [4.78, 5) is 0. The zero-order valence-corrected chi connectivity index (χ0v) is 10.7. The van der Waals surface area contributed by atoms with Crippen LogP contribution in [0.3, 0.4) is 0 Å². The fourth-order valence-corrected chi connectivity index (χ4v) is 2.64. The van der Waals surface area contributed by atoms with Crippen molar-refractivity contribution in [3.63, 3.8) is 0 Å². The fraction of sp³-hybridized carbons (Fsp3) is 0.600. The van der Waals surface area contributed by atoms with Crippen LogP contribution in [-0.2, 0) is 6.42 Å². The van der Waals surface area contributed by atoms with Crippen molar-refractivity contribution in [1.82, 2.24) is 5.32 Å². The molecule has 1 saturated carbocycles. The van der Waals surface area contributed by atoms with Crippen molar-refractivity contribution < 1.29 is 5.11 Å². The molecule has 1 aliphatic rings. The maximum absolute atomic E-state index is 9.22. The average Bonchev–Trinajstić information content (AvgIpc) is 2.83. The molecule has 0 amide bonds. The van der Waals surface area contributed by atoms with Gasteiger partial charge in [-0.2, -0.15) is 0 Å². The lowest BCUT2D eigenvalue weighted by molar-refractivity contribution is 0.443. The molecule has 2 nitrogen and oxygen atoms in total. The second-order valence-electron chi connectivity index (χ2n) is 5.33. The maximum Gasteiger partial charge on any atom is 0.115 e. The highest BCUT2D eigenvalue weighted by molar-refractivity contribution is 5.26. The SMILES string of the molecule is CC(Cc1ccc(O)cc1)NCC1CCCC1. The molecule has 2 rings (SSSR count). The van der Waals surface area contributed by atoms with E-state index in [1.54, 1.807) is 12.1 Å². The smallest absolute Gasteiger partial charge is 0.115 e. The largest absolute Gasteiger partial charge is 0.508 e. The van der Waals surface area contributed by atoms with Crippen LogP contribution >= 0.6 is 0 Å². The van der Waals surface area contributed by atoms with Gasteiger partial charge in [-0.25, -0.2) is 0 Å². The molecular weight excluding hydrogens is 210 g/mol. The summed E-state index contributed by atoms with van der Waals surface area (Å²) in [7, 11) is 0. The average molecular weight is 233 g/mol. The topological polar surface area (TPSA) is 32.3 Å². The van der Waals surface area contributed by atoms with Crippen LogP contribution in [0.15, 0.2) is 24.3 Å². The van der Waals surface area contributed by atoms with Gasteiger partial charge in [0.1, 0.15) is 5.75 Å². The number of benzene rings is 1. The quantitative estimate of drug-likeness (QED) is 0.819. The Morgan fingerprint density at radius 3 is 2.53 bits per heavy atom. The summed E-state index contributed by atoms with van der Waals surface area (Å²) < 4.78 is 0. The van der Waals surface area contributed by atoms with Crippen molar-refractivity contribution in [3.8, 4) is 5.75 Å². The first kappa shape index (κ1) is 12.4. The lowest BCUT2D eigenvalue weighted by Crippen LogP contribution is -2.32. The van der Waals surface area contributed by atoms with E-state index < -0.39 is 0 Å². The van der Waals surface area contributed by atoms with Crippen LogP contribution in [0.1, 0.15) is 38.2 Å². The molecule has 94 valence electrons. The molecule has 2 N–H and O–H groups in total. The number of phenols is 1. The second-order valence-corrected chi connectivity index (χ2v) is 5.33. The van der Waals surface area contributed by atoms with E-state index in [2.05, 4.69) is 12.2 Å². The Kier molecular flexibility index (Phi) is 4.43. The lowest BCUT2D eigenvalue weighted by atomic mass is 10.0. The molecule has 0 aliphatic heterocycles. The normalized spacial score (nSPS) is 18.4. The molecule has 0 aromatic heterocycles. The van der Waals surface area contributed by atoms with Crippen molar-refractivity contribution in [3.05, 3.63) is 29.8 Å². The van der Waals surface area contributed by atoms with E-state index in [0.29, 0.717) is 11.8 Å². The van der Waals surface area contributed by atoms with Gasteiger partial charge in [0.15, 0.2) is 0 Å². The molecule has 0 radical (unpaired) electrons. The molecule has 1 aromatic rings. The molecule has 1 unspecified atom stereocenters. The predicted molar refractivity (Wildman–Crippen MR) is 71.2 cm³/mol. The van der Waals surface area contributed by atoms with Gasteiger partial charge in [0.2, 0.25) is 0 Å². The van der Waals surface area contributed by atoms with Crippen molar-refractivity contribution in [2.45, 2.75) is 45.1 Å². The highest BCUT2D eigenvalue weighted by Gasteiger charge is 2.15. The fourth-order valence-electron chi connectivity index (χ4n) is 2.64. The number of nitrogens with one attached hydrogen (secondary N) is 1. The van der Waals surface area contributed by atoms with Gasteiger partial charge >= 0.3 is 0 Å². The molecule has 0 bridgehead atoms. The summed E-state index contributed by atoms with van der Waals surface area (Å²) in [5, 5.41) is 12.8. The molecule has 0 spiro atoms. The molecule has 17 heavy (non-hydrogen) atoms. The van der Waals surface area contributed by atoms with E-state index in [0.717, 1.165) is 12.3 Å². The Labute approximate surface area is 104 Å². The van der Waals surface area contributed by atoms with Gasteiger partial charge in [-0.1, -0.05) is 25.0 Å². The van der Waals surface area contributed by atoms with Gasteiger partial charge in [0.05, 0.1) is 0 Å². The Morgan fingerprint density at radius 1 is 1.24 bits per heavy atom. The van der Waals surface area contributed by atoms with Gasteiger partial charge in [0, 0.05) is 6.04 Å². The summed E-state index contributed by atoms with van der Waals surface area (Å²) in [6.07, 6.45) is 6.67. The van der Waals surface area contributed by atoms with E-state index in [1.807, 2.05) is 12.1 Å². The summed E-state index contributed by atoms with van der Waals surface area (Å²) in [5.41, 5.74) is 1.29. The van der Waals surface area contributed by atoms with Crippen LogP contribution in [0, 0.1) is 5.92 Å². The minimum Gasteiger partial charge on any atom is -0.508 e. The first-order valence-corrected chi connectivity index (χ1v) is 6.75. The van der Waals surface area contributed by atoms with Gasteiger partial charge in [0.25, 0.3) is 0 Å². The van der Waals surface area contributed by atoms with Crippen molar-refractivity contribution >= 4 is 0 Å². The van der Waals surface area contributed by atoms with Crippen LogP contribution in [0.25, 0.3) is 0 Å². The minimum atomic E-state index is 0.348. The van der Waals surface area contributed by atoms with Gasteiger partial charge in [-0.05, 0) is 56.3 Å². The van der Waals surface area contributed by atoms with E-state index in [1.165, 1.54) is 37.8 Å². The third kappa shape index (κ3) is 4.04. The van der Waals surface area contributed by atoms with Gasteiger partial charge in [-0.3, -0.25) is 0 Å². The molecule has 0 heterocycles. The van der Waals surface area contributed by atoms with E-state index in [9.17, 15) is 5.11 Å². The summed E-state index contributed by atoms with van der Waals surface area (Å²) >= 11 is 0. The predicted octanol–water partition coefficient (Wildman–Crippen LogP) is 3.10. The van der Waals surface area contributed by atoms with Crippen LogP contribution in [0.4, 0.5) is 0 Å². The Morgan fingerprint density at radius 2 is 1.88 bits per heavy atom. The van der Waals surface area contributed by atoms with Crippen LogP contribution in [0.2, 0.25) is 0 Å². The number of hydrogen-bond acceptors (Lipinski definition) is 2. The molecule has 1 fully saturated rings. The Hall–Kier alpha value is -1.02. The molecule has 1 atom stereocenters. The van der Waals surface area contributed by atoms with E-state index >= 15 is 0 Å². The number of hydrogen-bond donors (Lipinski definition) is 2. The first-order chi connectivity index (χ1) is 8.24. The standard InChI is InChI=1S/C15H23NO/c1-12(16-11-14-4-2-3-5-14)10-13-6-8-15(17)9-7-13/h6-9,12,14,16-17H,2-5,10-11H2,1H3. The monoisotopic (exact) mass is 233 g/mol. The van der Waals surface area contributed by atoms with E-state index in [-0.39, 0.29) is 0 Å². The third-order valence-electron chi connectivity index (χ3n) is 3.71. The van der Waals surface area contributed by atoms with Crippen LogP contribution < -0.4 is 5.32 Å². The maximum atomic E-state index is 9.22. The molecule has 1 aromatic carbocycles. The van der Waals surface area contributed by atoms with Crippen LogP contribution in [0.5, 0.6) is 5.75 Å². The molecule has 0 saturated heterocycles. The first-order valence-electron chi connectivity index (χ1n) is 6.75. The van der Waals surface area contributed by atoms with Crippen molar-refractivity contribution in [2.24, 2.45) is 5.92 Å². The Bertz CT molecular complexity index is 327. The Balaban J connectivity index is 1.72. The molecule has 2 heteroatoms. The third-order valence-corrected chi connectivity index (χ3v) is 3.71. The van der Waals surface area contributed by atoms with Crippen LogP contribution in [-0.4, -0.2) is 17.7 Å². The van der Waals surface area contributed by atoms with Gasteiger partial charge in [-0.15, -0.1) is 0 Å². The summed E-state index contributed by atoms with van der Waals surface area (Å²) in [6, 6.07) is 8.05.